The van der Waals surface area contributed by atoms with Crippen LogP contribution in [0.2, 0.25) is 0 Å². The maximum Gasteiger partial charge on any atom is 0.226 e. The van der Waals surface area contributed by atoms with Crippen LogP contribution in [-0.4, -0.2) is 38.7 Å². The van der Waals surface area contributed by atoms with Crippen LogP contribution in [0.1, 0.15) is 28.9 Å². The predicted molar refractivity (Wildman–Crippen MR) is 123 cm³/mol. The first-order valence-electron chi connectivity index (χ1n) is 10.4. The van der Waals surface area contributed by atoms with Gasteiger partial charge in [-0.3, -0.25) is 4.79 Å². The lowest BCUT2D eigenvalue weighted by Gasteiger charge is -2.18. The number of fused-ring (bicyclic) bond motifs is 2. The van der Waals surface area contributed by atoms with Gasteiger partial charge in [0.15, 0.2) is 22.3 Å². The number of aryl methyl sites for hydroxylation is 2. The van der Waals surface area contributed by atoms with E-state index in [9.17, 15) is 10.1 Å². The standard InChI is InChI=1S/C23H20N6O3S/c1-13-17(14(2)29-22(26-13)16(10-24)11-25-29)4-6-21(30)28-23-27-18(12-33-23)15-3-5-19-20(9-15)32-8-7-31-19/h3,5,9,11-12H,4,6-8H2,1-2H3,(H,27,28,30). The molecule has 4 aromatic rings. The maximum absolute atomic E-state index is 12.6. The van der Waals surface area contributed by atoms with Gasteiger partial charge in [0.2, 0.25) is 5.91 Å². The molecule has 10 heteroatoms. The minimum Gasteiger partial charge on any atom is -0.486 e. The van der Waals surface area contributed by atoms with Crippen molar-refractivity contribution in [2.45, 2.75) is 26.7 Å². The molecule has 0 aliphatic carbocycles. The summed E-state index contributed by atoms with van der Waals surface area (Å²) in [5.74, 6) is 1.30. The van der Waals surface area contributed by atoms with Gasteiger partial charge < -0.3 is 14.8 Å². The average molecular weight is 461 g/mol. The first-order valence-corrected chi connectivity index (χ1v) is 11.3. The van der Waals surface area contributed by atoms with Crippen molar-refractivity contribution in [2.75, 3.05) is 18.5 Å². The molecule has 0 radical (unpaired) electrons. The Hall–Kier alpha value is -3.97. The maximum atomic E-state index is 12.6. The van der Waals surface area contributed by atoms with Crippen LogP contribution in [0.15, 0.2) is 29.8 Å². The van der Waals surface area contributed by atoms with Crippen LogP contribution < -0.4 is 14.8 Å². The Morgan fingerprint density at radius 1 is 1.24 bits per heavy atom. The third-order valence-electron chi connectivity index (χ3n) is 5.52. The Bertz CT molecular complexity index is 1420. The summed E-state index contributed by atoms with van der Waals surface area (Å²) in [4.78, 5) is 21.7. The molecule has 166 valence electrons. The van der Waals surface area contributed by atoms with E-state index in [-0.39, 0.29) is 12.3 Å². The van der Waals surface area contributed by atoms with Crippen LogP contribution in [0.5, 0.6) is 11.5 Å². The molecule has 1 aliphatic heterocycles. The fourth-order valence-electron chi connectivity index (χ4n) is 3.84. The smallest absolute Gasteiger partial charge is 0.226 e. The van der Waals surface area contributed by atoms with E-state index in [0.717, 1.165) is 34.0 Å². The summed E-state index contributed by atoms with van der Waals surface area (Å²) in [7, 11) is 0. The van der Waals surface area contributed by atoms with Crippen molar-refractivity contribution in [1.82, 2.24) is 19.6 Å². The van der Waals surface area contributed by atoms with E-state index in [1.165, 1.54) is 17.5 Å². The van der Waals surface area contributed by atoms with Crippen LogP contribution in [-0.2, 0) is 11.2 Å². The quantitative estimate of drug-likeness (QED) is 0.483. The molecule has 1 aliphatic rings. The van der Waals surface area contributed by atoms with Crippen molar-refractivity contribution in [1.29, 1.82) is 5.26 Å². The normalized spacial score (nSPS) is 12.5. The predicted octanol–water partition coefficient (Wildman–Crippen LogP) is 3.68. The molecular formula is C23H20N6O3S. The van der Waals surface area contributed by atoms with Gasteiger partial charge in [-0.25, -0.2) is 14.5 Å². The highest BCUT2D eigenvalue weighted by Crippen LogP contribution is 2.35. The zero-order valence-corrected chi connectivity index (χ0v) is 18.9. The highest BCUT2D eigenvalue weighted by atomic mass is 32.1. The molecule has 0 atom stereocenters. The van der Waals surface area contributed by atoms with Crippen molar-refractivity contribution < 1.29 is 14.3 Å². The zero-order valence-electron chi connectivity index (χ0n) is 18.1. The molecule has 5 rings (SSSR count). The van der Waals surface area contributed by atoms with Gasteiger partial charge in [0.1, 0.15) is 24.8 Å². The number of nitriles is 1. The monoisotopic (exact) mass is 460 g/mol. The van der Waals surface area contributed by atoms with Crippen molar-refractivity contribution in [2.24, 2.45) is 0 Å². The van der Waals surface area contributed by atoms with Crippen LogP contribution in [0.25, 0.3) is 16.9 Å². The van der Waals surface area contributed by atoms with Crippen molar-refractivity contribution in [3.63, 3.8) is 0 Å². The molecule has 0 saturated carbocycles. The highest BCUT2D eigenvalue weighted by Gasteiger charge is 2.17. The highest BCUT2D eigenvalue weighted by molar-refractivity contribution is 7.14. The molecule has 0 fully saturated rings. The van der Waals surface area contributed by atoms with Crippen LogP contribution in [0.4, 0.5) is 5.13 Å². The number of amides is 1. The lowest BCUT2D eigenvalue weighted by atomic mass is 10.1. The van der Waals surface area contributed by atoms with E-state index < -0.39 is 0 Å². The Morgan fingerprint density at radius 2 is 2.06 bits per heavy atom. The van der Waals surface area contributed by atoms with E-state index in [4.69, 9.17) is 9.47 Å². The van der Waals surface area contributed by atoms with Crippen molar-refractivity contribution >= 4 is 28.0 Å². The number of carbonyl (C=O) groups is 1. The number of nitrogens with one attached hydrogen (secondary N) is 1. The number of thiazole rings is 1. The van der Waals surface area contributed by atoms with Crippen LogP contribution >= 0.6 is 11.3 Å². The lowest BCUT2D eigenvalue weighted by molar-refractivity contribution is -0.116. The first-order chi connectivity index (χ1) is 16.0. The molecule has 0 bridgehead atoms. The molecule has 33 heavy (non-hydrogen) atoms. The van der Waals surface area contributed by atoms with Gasteiger partial charge >= 0.3 is 0 Å². The number of hydrogen-bond donors (Lipinski definition) is 1. The van der Waals surface area contributed by atoms with E-state index in [1.807, 2.05) is 37.4 Å². The van der Waals surface area contributed by atoms with E-state index in [0.29, 0.717) is 41.7 Å². The molecule has 3 aromatic heterocycles. The summed E-state index contributed by atoms with van der Waals surface area (Å²) in [6.45, 7) is 4.87. The van der Waals surface area contributed by atoms with Crippen molar-refractivity contribution in [3.05, 3.63) is 52.3 Å². The van der Waals surface area contributed by atoms with Gasteiger partial charge in [-0.1, -0.05) is 0 Å². The van der Waals surface area contributed by atoms with Gasteiger partial charge in [-0.2, -0.15) is 10.4 Å². The molecule has 1 N–H and O–H groups in total. The summed E-state index contributed by atoms with van der Waals surface area (Å²) in [5.41, 5.74) is 5.25. The first kappa shape index (κ1) is 20.9. The Kier molecular flexibility index (Phi) is 5.40. The summed E-state index contributed by atoms with van der Waals surface area (Å²) >= 11 is 1.37. The Balaban J connectivity index is 1.26. The second-order valence-electron chi connectivity index (χ2n) is 7.61. The molecule has 1 amide bonds. The van der Waals surface area contributed by atoms with Gasteiger partial charge in [-0.05, 0) is 44.0 Å². The third kappa shape index (κ3) is 3.99. The largest absolute Gasteiger partial charge is 0.486 e. The number of anilines is 1. The molecule has 0 saturated heterocycles. The van der Waals surface area contributed by atoms with Gasteiger partial charge in [0, 0.05) is 28.8 Å². The summed E-state index contributed by atoms with van der Waals surface area (Å²) in [5, 5.41) is 18.8. The number of hydrogen-bond acceptors (Lipinski definition) is 8. The number of ether oxygens (including phenoxy) is 2. The number of nitrogens with zero attached hydrogens (tertiary/aromatic N) is 5. The SMILES string of the molecule is Cc1nc2c(C#N)cnn2c(C)c1CCC(=O)Nc1nc(-c2ccc3c(c2)OCCO3)cs1. The number of carbonyl (C=O) groups excluding carboxylic acids is 1. The minimum atomic E-state index is -0.129. The van der Waals surface area contributed by atoms with Crippen molar-refractivity contribution in [3.8, 4) is 28.8 Å². The Morgan fingerprint density at radius 3 is 2.88 bits per heavy atom. The summed E-state index contributed by atoms with van der Waals surface area (Å²) < 4.78 is 12.8. The van der Waals surface area contributed by atoms with Crippen LogP contribution in [0, 0.1) is 25.2 Å². The van der Waals surface area contributed by atoms with E-state index in [2.05, 4.69) is 26.5 Å². The fraction of sp³-hybridized carbons (Fsp3) is 0.261. The topological polar surface area (TPSA) is 114 Å². The van der Waals surface area contributed by atoms with Gasteiger partial charge in [-0.15, -0.1) is 11.3 Å². The van der Waals surface area contributed by atoms with Gasteiger partial charge in [0.25, 0.3) is 0 Å². The Labute approximate surface area is 193 Å². The summed E-state index contributed by atoms with van der Waals surface area (Å²) in [6, 6.07) is 7.80. The zero-order chi connectivity index (χ0) is 22.9. The second-order valence-corrected chi connectivity index (χ2v) is 8.47. The number of rotatable bonds is 5. The molecule has 0 unspecified atom stereocenters. The second kappa shape index (κ2) is 8.52. The van der Waals surface area contributed by atoms with Gasteiger partial charge in [0.05, 0.1) is 11.9 Å². The summed E-state index contributed by atoms with van der Waals surface area (Å²) in [6.07, 6.45) is 2.29. The third-order valence-corrected chi connectivity index (χ3v) is 6.28. The molecule has 9 nitrogen and oxygen atoms in total. The minimum absolute atomic E-state index is 0.129. The van der Waals surface area contributed by atoms with E-state index >= 15 is 0 Å². The fourth-order valence-corrected chi connectivity index (χ4v) is 4.57. The lowest BCUT2D eigenvalue weighted by Crippen LogP contribution is -2.15. The van der Waals surface area contributed by atoms with Crippen LogP contribution in [0.3, 0.4) is 0 Å². The number of aromatic nitrogens is 4. The van der Waals surface area contributed by atoms with E-state index in [1.54, 1.807) is 4.52 Å². The average Bonchev–Trinajstić information content (AvgIpc) is 3.45. The number of benzene rings is 1. The molecule has 4 heterocycles. The molecular weight excluding hydrogens is 440 g/mol. The molecule has 1 aromatic carbocycles. The molecule has 0 spiro atoms.